The summed E-state index contributed by atoms with van der Waals surface area (Å²) < 4.78 is 59.3. The Morgan fingerprint density at radius 3 is 2.05 bits per heavy atom. The zero-order chi connectivity index (χ0) is 54.6. The fraction of sp³-hybridized carbons (Fsp3) is 0.906. The first kappa shape index (κ1) is 57.5. The van der Waals surface area contributed by atoms with Gasteiger partial charge in [0.1, 0.15) is 96.5 Å². The van der Waals surface area contributed by atoms with Crippen LogP contribution in [0, 0.1) is 45.3 Å². The second-order valence-corrected chi connectivity index (χ2v) is 24.8. The Balaban J connectivity index is 0.864. The number of fused-ring (bicyclic) bond motifs is 4. The molecule has 22 heteroatoms. The van der Waals surface area contributed by atoms with Crippen molar-refractivity contribution in [3.05, 3.63) is 11.6 Å². The number of carbonyl (C=O) groups is 3. The molecule has 0 amide bonds. The Kier molecular flexibility index (Phi) is 16.1. The maximum absolute atomic E-state index is 14.3. The highest BCUT2D eigenvalue weighted by Gasteiger charge is 2.79. The van der Waals surface area contributed by atoms with Crippen LogP contribution in [0.3, 0.4) is 0 Å². The lowest BCUT2D eigenvalue weighted by molar-refractivity contribution is -0.382. The Morgan fingerprint density at radius 2 is 1.37 bits per heavy atom. The molecule has 22 nitrogen and oxygen atoms in total. The molecule has 9 rings (SSSR count). The second kappa shape index (κ2) is 21.1. The SMILES string of the molecule is CO[C@@H]1[C@@H](O)[C@H](O[C@@H]2[C@@H](O)[C@H](O[C@H]3[C@H](O)[C@@H](O)[C@H](O[C@H]4[C@H](O[C@H]5CC[C@]6(C)[C@@H]7CC[C@]89C(=O)O[C@@](C)(CC(=O)CC(C)C)[C@H]8C(=O)C[C@@]9(C)C7=CC[C@H]6C5(C)C)OC[C@@H](O)[C@@H]4O)O[C@@H]3C)OC[C@H]2O)O[C@H](CO)[C@H]1O. The largest absolute Gasteiger partial charge is 0.458 e. The first-order valence-electron chi connectivity index (χ1n) is 26.9. The van der Waals surface area contributed by atoms with Crippen molar-refractivity contribution in [1.82, 2.24) is 0 Å². The summed E-state index contributed by atoms with van der Waals surface area (Å²) in [7, 11) is 1.23. The zero-order valence-corrected chi connectivity index (χ0v) is 44.5. The van der Waals surface area contributed by atoms with Crippen molar-refractivity contribution in [2.24, 2.45) is 45.3 Å². The zero-order valence-electron chi connectivity index (χ0n) is 44.5. The van der Waals surface area contributed by atoms with Crippen molar-refractivity contribution in [2.45, 2.75) is 229 Å². The lowest BCUT2D eigenvalue weighted by Crippen LogP contribution is -2.65. The standard InChI is InChI=1S/C53H82O22/c1-22(2)16-24(55)17-52(8)43-27(56)18-51(7)26-10-11-31-49(4,5)32(13-14-50(31,6)25(26)12-15-53(43,51)48(65)75-52)71-47-42(33(59)28(57)20-68-47)74-45-36(62)35(61)39(23(3)69-45)72-44-37(63)40(29(58)21-67-44)73-46-38(64)41(66-9)34(60)30(19-54)70-46/h10,22-23,25,28-47,54,57-64H,11-21H2,1-9H3/t23-,25-,28-,29-,30-,31+,32+,33+,34-,35-,36-,37-,38-,39-,40+,41+,42-,43-,44+,45+,46+,47+,50-,51+,52+,53-/m1/s1. The van der Waals surface area contributed by atoms with Gasteiger partial charge >= 0.3 is 5.97 Å². The predicted molar refractivity (Wildman–Crippen MR) is 255 cm³/mol. The van der Waals surface area contributed by atoms with Gasteiger partial charge in [0.2, 0.25) is 0 Å². The number of esters is 1. The van der Waals surface area contributed by atoms with Crippen molar-refractivity contribution in [3.8, 4) is 0 Å². The number of rotatable bonds is 14. The maximum atomic E-state index is 14.3. The first-order chi connectivity index (χ1) is 35.2. The number of ether oxygens (including phenoxy) is 10. The van der Waals surface area contributed by atoms with Gasteiger partial charge in [-0.05, 0) is 74.5 Å². The number of aliphatic hydroxyl groups is 9. The Bertz CT molecular complexity index is 2140. The molecular formula is C53H82O22. The molecule has 426 valence electrons. The van der Waals surface area contributed by atoms with Gasteiger partial charge in [-0.3, -0.25) is 14.4 Å². The van der Waals surface area contributed by atoms with Gasteiger partial charge < -0.3 is 93.3 Å². The number of hydrogen-bond acceptors (Lipinski definition) is 22. The van der Waals surface area contributed by atoms with Crippen LogP contribution in [0.15, 0.2) is 11.6 Å². The molecule has 0 radical (unpaired) electrons. The number of Topliss-reactive ketones (excluding diaryl/α,β-unsaturated/α-hetero) is 2. The minimum Gasteiger partial charge on any atom is -0.458 e. The lowest BCUT2D eigenvalue weighted by atomic mass is 9.41. The Labute approximate surface area is 437 Å². The summed E-state index contributed by atoms with van der Waals surface area (Å²) in [4.78, 5) is 41.8. The lowest BCUT2D eigenvalue weighted by Gasteiger charge is -2.63. The van der Waals surface area contributed by atoms with E-state index in [9.17, 15) is 60.3 Å². The average molecular weight is 1070 g/mol. The van der Waals surface area contributed by atoms with E-state index in [0.29, 0.717) is 38.5 Å². The number of carbonyl (C=O) groups excluding carboxylic acids is 3. The van der Waals surface area contributed by atoms with Gasteiger partial charge in [0, 0.05) is 31.8 Å². The summed E-state index contributed by atoms with van der Waals surface area (Å²) in [6, 6.07) is 0. The van der Waals surface area contributed by atoms with Crippen LogP contribution in [-0.2, 0) is 61.8 Å². The third-order valence-corrected chi connectivity index (χ3v) is 19.4. The van der Waals surface area contributed by atoms with Crippen LogP contribution >= 0.6 is 0 Å². The number of allylic oxidation sites excluding steroid dienone is 2. The summed E-state index contributed by atoms with van der Waals surface area (Å²) in [5.41, 5.74) is -2.73. The van der Waals surface area contributed by atoms with Gasteiger partial charge in [0.05, 0.1) is 43.4 Å². The molecule has 4 aliphatic carbocycles. The van der Waals surface area contributed by atoms with E-state index in [4.69, 9.17) is 47.4 Å². The van der Waals surface area contributed by atoms with Gasteiger partial charge in [0.15, 0.2) is 25.2 Å². The molecule has 0 unspecified atom stereocenters. The molecule has 5 heterocycles. The smallest absolute Gasteiger partial charge is 0.314 e. The quantitative estimate of drug-likeness (QED) is 0.0796. The van der Waals surface area contributed by atoms with E-state index in [0.717, 1.165) is 5.57 Å². The second-order valence-electron chi connectivity index (χ2n) is 24.8. The van der Waals surface area contributed by atoms with Crippen LogP contribution < -0.4 is 0 Å². The van der Waals surface area contributed by atoms with Crippen LogP contribution in [0.1, 0.15) is 107 Å². The number of hydrogen-bond donors (Lipinski definition) is 9. The number of cyclic esters (lactones) is 1. The van der Waals surface area contributed by atoms with E-state index in [1.54, 1.807) is 6.92 Å². The normalized spacial score (nSPS) is 51.6. The minimum absolute atomic E-state index is 0.0121. The summed E-state index contributed by atoms with van der Waals surface area (Å²) in [5.74, 6) is -0.908. The Hall–Kier alpha value is -2.17. The van der Waals surface area contributed by atoms with E-state index in [1.165, 1.54) is 14.0 Å². The fourth-order valence-corrected chi connectivity index (χ4v) is 15.7. The molecule has 9 aliphatic rings. The van der Waals surface area contributed by atoms with E-state index in [1.807, 2.05) is 13.8 Å². The van der Waals surface area contributed by atoms with Crippen molar-refractivity contribution in [2.75, 3.05) is 26.9 Å². The monoisotopic (exact) mass is 1070 g/mol. The highest BCUT2D eigenvalue weighted by Crippen LogP contribution is 2.75. The van der Waals surface area contributed by atoms with Crippen LogP contribution in [-0.4, -0.2) is 213 Å². The molecule has 0 aromatic rings. The molecule has 1 spiro atoms. The topological polar surface area (TPSA) is 326 Å². The third-order valence-electron chi connectivity index (χ3n) is 19.4. The number of aliphatic hydroxyl groups excluding tert-OH is 9. The molecule has 5 saturated heterocycles. The molecular weight excluding hydrogens is 989 g/mol. The molecule has 0 bridgehead atoms. The molecule has 75 heavy (non-hydrogen) atoms. The van der Waals surface area contributed by atoms with Gasteiger partial charge in [-0.15, -0.1) is 0 Å². The molecule has 0 aromatic carbocycles. The summed E-state index contributed by atoms with van der Waals surface area (Å²) in [6.07, 6.45) is -21.6. The van der Waals surface area contributed by atoms with Crippen molar-refractivity contribution in [1.29, 1.82) is 0 Å². The maximum Gasteiger partial charge on any atom is 0.314 e. The predicted octanol–water partition coefficient (Wildman–Crippen LogP) is -0.311. The van der Waals surface area contributed by atoms with Gasteiger partial charge in [-0.2, -0.15) is 0 Å². The van der Waals surface area contributed by atoms with Crippen molar-refractivity contribution >= 4 is 17.5 Å². The van der Waals surface area contributed by atoms with Gasteiger partial charge in [-0.25, -0.2) is 0 Å². The Morgan fingerprint density at radius 1 is 0.733 bits per heavy atom. The molecule has 0 aromatic heterocycles. The summed E-state index contributed by atoms with van der Waals surface area (Å²) >= 11 is 0. The van der Waals surface area contributed by atoms with Crippen LogP contribution in [0.25, 0.3) is 0 Å². The number of ketones is 2. The molecule has 3 saturated carbocycles. The minimum atomic E-state index is -1.85. The van der Waals surface area contributed by atoms with Gasteiger partial charge in [-0.1, -0.05) is 53.2 Å². The highest BCUT2D eigenvalue weighted by atomic mass is 16.8. The molecule has 5 aliphatic heterocycles. The summed E-state index contributed by atoms with van der Waals surface area (Å²) in [5, 5.41) is 98.5. The van der Waals surface area contributed by atoms with E-state index in [-0.39, 0.29) is 60.2 Å². The molecule has 26 atom stereocenters. The van der Waals surface area contributed by atoms with Crippen molar-refractivity contribution in [3.63, 3.8) is 0 Å². The first-order valence-corrected chi connectivity index (χ1v) is 26.9. The van der Waals surface area contributed by atoms with E-state index < -0.39 is 158 Å². The van der Waals surface area contributed by atoms with Gasteiger partial charge in [0.25, 0.3) is 0 Å². The van der Waals surface area contributed by atoms with E-state index >= 15 is 0 Å². The number of methoxy groups -OCH3 is 1. The third kappa shape index (κ3) is 9.42. The highest BCUT2D eigenvalue weighted by molar-refractivity contribution is 6.00. The van der Waals surface area contributed by atoms with Crippen LogP contribution in [0.2, 0.25) is 0 Å². The summed E-state index contributed by atoms with van der Waals surface area (Å²) in [6.45, 7) is 14.4. The molecule has 8 fully saturated rings. The average Bonchev–Trinajstić information content (AvgIpc) is 3.73. The van der Waals surface area contributed by atoms with Crippen LogP contribution in [0.5, 0.6) is 0 Å². The molecule has 9 N–H and O–H groups in total. The van der Waals surface area contributed by atoms with E-state index in [2.05, 4.69) is 33.8 Å². The van der Waals surface area contributed by atoms with Crippen molar-refractivity contribution < 1.29 is 108 Å². The van der Waals surface area contributed by atoms with Crippen LogP contribution in [0.4, 0.5) is 0 Å². The fourth-order valence-electron chi connectivity index (χ4n) is 15.7.